The van der Waals surface area contributed by atoms with Crippen LogP contribution in [0.15, 0.2) is 31.8 Å². The van der Waals surface area contributed by atoms with Crippen LogP contribution in [0.4, 0.5) is 8.78 Å². The molecule has 0 bridgehead atoms. The molecule has 2 aromatic rings. The molecule has 17 heavy (non-hydrogen) atoms. The van der Waals surface area contributed by atoms with Crippen molar-refractivity contribution in [3.8, 4) is 0 Å². The van der Waals surface area contributed by atoms with Gasteiger partial charge < -0.3 is 0 Å². The third-order valence-electron chi connectivity index (χ3n) is 2.19. The number of thiophene rings is 1. The second kappa shape index (κ2) is 5.34. The van der Waals surface area contributed by atoms with E-state index in [1.807, 2.05) is 0 Å². The molecule has 90 valence electrons. The minimum absolute atomic E-state index is 0.137. The summed E-state index contributed by atoms with van der Waals surface area (Å²) in [6.07, 6.45) is 0. The molecule has 2 rings (SSSR count). The van der Waals surface area contributed by atoms with Gasteiger partial charge >= 0.3 is 0 Å². The molecule has 0 nitrogen and oxygen atoms in total. The Bertz CT molecular complexity index is 556. The molecule has 0 aliphatic carbocycles. The third-order valence-corrected chi connectivity index (χ3v) is 5.04. The van der Waals surface area contributed by atoms with Crippen LogP contribution >= 0.6 is 54.8 Å². The van der Waals surface area contributed by atoms with Gasteiger partial charge in [0.1, 0.15) is 11.6 Å². The lowest BCUT2D eigenvalue weighted by Gasteiger charge is -2.10. The molecule has 0 radical (unpaired) electrons. The minimum atomic E-state index is -0.720. The maximum Gasteiger partial charge on any atom is 0.128 e. The summed E-state index contributed by atoms with van der Waals surface area (Å²) in [6.45, 7) is 0. The fraction of sp³-hybridized carbons (Fsp3) is 0.0909. The van der Waals surface area contributed by atoms with E-state index in [1.54, 1.807) is 6.07 Å². The Morgan fingerprint density at radius 1 is 1.12 bits per heavy atom. The summed E-state index contributed by atoms with van der Waals surface area (Å²) in [5.74, 6) is -1.02. The number of alkyl halides is 1. The molecular weight excluding hydrogens is 397 g/mol. The summed E-state index contributed by atoms with van der Waals surface area (Å²) < 4.78 is 28.3. The molecule has 0 N–H and O–H groups in total. The average Bonchev–Trinajstić information content (AvgIpc) is 2.60. The number of rotatable bonds is 2. The van der Waals surface area contributed by atoms with Crippen LogP contribution in [0.1, 0.15) is 16.5 Å². The van der Waals surface area contributed by atoms with Gasteiger partial charge in [0, 0.05) is 11.1 Å². The highest BCUT2D eigenvalue weighted by Gasteiger charge is 2.20. The third kappa shape index (κ3) is 2.89. The van der Waals surface area contributed by atoms with E-state index in [-0.39, 0.29) is 5.56 Å². The summed E-state index contributed by atoms with van der Waals surface area (Å²) in [5, 5.41) is -0.720. The van der Waals surface area contributed by atoms with Crippen molar-refractivity contribution >= 4 is 54.8 Å². The monoisotopic (exact) mass is 400 g/mol. The van der Waals surface area contributed by atoms with Gasteiger partial charge in [0.15, 0.2) is 0 Å². The zero-order chi connectivity index (χ0) is 12.6. The molecule has 0 spiro atoms. The van der Waals surface area contributed by atoms with Crippen molar-refractivity contribution in [2.45, 2.75) is 5.38 Å². The van der Waals surface area contributed by atoms with Crippen LogP contribution in [0.2, 0.25) is 0 Å². The lowest BCUT2D eigenvalue weighted by atomic mass is 10.1. The Morgan fingerprint density at radius 3 is 2.41 bits per heavy atom. The van der Waals surface area contributed by atoms with E-state index in [4.69, 9.17) is 11.6 Å². The van der Waals surface area contributed by atoms with Crippen molar-refractivity contribution in [2.75, 3.05) is 0 Å². The Kier molecular flexibility index (Phi) is 4.23. The van der Waals surface area contributed by atoms with Gasteiger partial charge in [-0.15, -0.1) is 22.9 Å². The molecule has 1 atom stereocenters. The van der Waals surface area contributed by atoms with Gasteiger partial charge in [-0.1, -0.05) is 0 Å². The zero-order valence-corrected chi connectivity index (χ0v) is 12.9. The molecular formula is C11H5Br2ClF2S. The molecule has 1 heterocycles. The second-order valence-corrected chi connectivity index (χ2v) is 7.49. The minimum Gasteiger partial charge on any atom is -0.207 e. The van der Waals surface area contributed by atoms with Gasteiger partial charge in [-0.2, -0.15) is 0 Å². The Hall–Kier alpha value is 0.0300. The van der Waals surface area contributed by atoms with Crippen molar-refractivity contribution in [2.24, 2.45) is 0 Å². The van der Waals surface area contributed by atoms with Crippen molar-refractivity contribution in [3.05, 3.63) is 54.6 Å². The first-order valence-electron chi connectivity index (χ1n) is 4.53. The largest absolute Gasteiger partial charge is 0.207 e. The molecule has 1 unspecified atom stereocenters. The van der Waals surface area contributed by atoms with E-state index >= 15 is 0 Å². The first kappa shape index (κ1) is 13.5. The molecule has 0 saturated heterocycles. The van der Waals surface area contributed by atoms with Gasteiger partial charge in [0.25, 0.3) is 0 Å². The zero-order valence-electron chi connectivity index (χ0n) is 8.18. The molecule has 0 aliphatic rings. The average molecular weight is 402 g/mol. The summed E-state index contributed by atoms with van der Waals surface area (Å²) in [7, 11) is 0. The highest BCUT2D eigenvalue weighted by molar-refractivity contribution is 9.12. The fourth-order valence-corrected chi connectivity index (χ4v) is 4.84. The van der Waals surface area contributed by atoms with Gasteiger partial charge in [-0.05, 0) is 56.1 Å². The first-order chi connectivity index (χ1) is 7.99. The maximum absolute atomic E-state index is 13.6. The van der Waals surface area contributed by atoms with Crippen molar-refractivity contribution in [1.29, 1.82) is 0 Å². The molecule has 1 aromatic carbocycles. The first-order valence-corrected chi connectivity index (χ1v) is 7.36. The van der Waals surface area contributed by atoms with Gasteiger partial charge in [-0.25, -0.2) is 8.78 Å². The van der Waals surface area contributed by atoms with E-state index in [0.29, 0.717) is 5.56 Å². The lowest BCUT2D eigenvalue weighted by molar-refractivity contribution is 0.587. The highest BCUT2D eigenvalue weighted by atomic mass is 79.9. The van der Waals surface area contributed by atoms with Crippen LogP contribution in [-0.4, -0.2) is 0 Å². The van der Waals surface area contributed by atoms with Gasteiger partial charge in [0.05, 0.1) is 12.9 Å². The van der Waals surface area contributed by atoms with Crippen molar-refractivity contribution in [1.82, 2.24) is 0 Å². The van der Waals surface area contributed by atoms with E-state index in [0.717, 1.165) is 25.8 Å². The van der Waals surface area contributed by atoms with Gasteiger partial charge in [0.2, 0.25) is 0 Å². The van der Waals surface area contributed by atoms with Crippen LogP contribution < -0.4 is 0 Å². The molecule has 0 fully saturated rings. The maximum atomic E-state index is 13.6. The summed E-state index contributed by atoms with van der Waals surface area (Å²) in [6, 6.07) is 5.05. The topological polar surface area (TPSA) is 0 Å². The quantitative estimate of drug-likeness (QED) is 0.551. The normalized spacial score (nSPS) is 12.8. The number of hydrogen-bond acceptors (Lipinski definition) is 1. The summed E-state index contributed by atoms with van der Waals surface area (Å²) in [4.78, 5) is 0. The SMILES string of the molecule is Fc1ccc(F)c(C(Cl)c2cc(Br)sc2Br)c1. The molecule has 1 aromatic heterocycles. The second-order valence-electron chi connectivity index (χ2n) is 3.31. The van der Waals surface area contributed by atoms with Gasteiger partial charge in [-0.3, -0.25) is 0 Å². The summed E-state index contributed by atoms with van der Waals surface area (Å²) in [5.41, 5.74) is 0.853. The van der Waals surface area contributed by atoms with E-state index in [2.05, 4.69) is 31.9 Å². The van der Waals surface area contributed by atoms with Crippen LogP contribution in [0.3, 0.4) is 0 Å². The predicted molar refractivity (Wildman–Crippen MR) is 73.8 cm³/mol. The molecule has 0 aliphatic heterocycles. The number of hydrogen-bond donors (Lipinski definition) is 0. The molecule has 6 heteroatoms. The highest BCUT2D eigenvalue weighted by Crippen LogP contribution is 2.41. The standard InChI is InChI=1S/C11H5Br2ClF2S/c12-9-4-7(11(13)17-9)10(14)6-3-5(15)1-2-8(6)16/h1-4,10H. The van der Waals surface area contributed by atoms with Crippen molar-refractivity contribution in [3.63, 3.8) is 0 Å². The smallest absolute Gasteiger partial charge is 0.128 e. The summed E-state index contributed by atoms with van der Waals surface area (Å²) >= 11 is 14.3. The van der Waals surface area contributed by atoms with Crippen molar-refractivity contribution < 1.29 is 8.78 Å². The molecule has 0 amide bonds. The van der Waals surface area contributed by atoms with Crippen LogP contribution in [0, 0.1) is 11.6 Å². The number of benzene rings is 1. The Morgan fingerprint density at radius 2 is 1.82 bits per heavy atom. The van der Waals surface area contributed by atoms with Crippen LogP contribution in [0.25, 0.3) is 0 Å². The Balaban J connectivity index is 2.46. The van der Waals surface area contributed by atoms with E-state index in [9.17, 15) is 8.78 Å². The predicted octanol–water partition coefficient (Wildman–Crippen LogP) is 5.88. The fourth-order valence-electron chi connectivity index (χ4n) is 1.40. The van der Waals surface area contributed by atoms with Crippen LogP contribution in [0.5, 0.6) is 0 Å². The van der Waals surface area contributed by atoms with E-state index in [1.165, 1.54) is 11.3 Å². The Labute approximate surface area is 123 Å². The number of halogens is 5. The van der Waals surface area contributed by atoms with Crippen LogP contribution in [-0.2, 0) is 0 Å². The van der Waals surface area contributed by atoms with E-state index < -0.39 is 17.0 Å². The molecule has 0 saturated carbocycles. The lowest BCUT2D eigenvalue weighted by Crippen LogP contribution is -1.97.